The smallest absolute Gasteiger partial charge is 0.232 e. The van der Waals surface area contributed by atoms with Gasteiger partial charge in [0.25, 0.3) is 0 Å². The van der Waals surface area contributed by atoms with Gasteiger partial charge in [0.05, 0.1) is 11.5 Å². The van der Waals surface area contributed by atoms with Crippen LogP contribution in [-0.2, 0) is 27.6 Å². The Morgan fingerprint density at radius 3 is 1.44 bits per heavy atom. The van der Waals surface area contributed by atoms with E-state index in [1.165, 1.54) is 0 Å². The van der Waals surface area contributed by atoms with Crippen LogP contribution in [0, 0.1) is 0 Å². The number of hydrogen-bond acceptors (Lipinski definition) is 6. The first-order valence-electron chi connectivity index (χ1n) is 9.62. The summed E-state index contributed by atoms with van der Waals surface area (Å²) in [6.45, 7) is 0.309. The van der Waals surface area contributed by atoms with Gasteiger partial charge in [0.1, 0.15) is 12.2 Å². The van der Waals surface area contributed by atoms with Gasteiger partial charge in [0, 0.05) is 43.5 Å². The van der Waals surface area contributed by atoms with Crippen LogP contribution in [0.1, 0.15) is 36.2 Å². The molecule has 0 N–H and O–H groups in total. The van der Waals surface area contributed by atoms with E-state index in [0.717, 1.165) is 31.2 Å². The van der Waals surface area contributed by atoms with Crippen molar-refractivity contribution in [2.45, 2.75) is 25.0 Å². The zero-order valence-corrected chi connectivity index (χ0v) is 23.0. The summed E-state index contributed by atoms with van der Waals surface area (Å²) in [5.41, 5.74) is 3.73. The maximum atomic E-state index is 11.3. The molecule has 0 saturated heterocycles. The number of fused-ring (bicyclic) bond motifs is 3. The summed E-state index contributed by atoms with van der Waals surface area (Å²) in [6.07, 6.45) is -0.604. The summed E-state index contributed by atoms with van der Waals surface area (Å²) in [5, 5.41) is 0. The van der Waals surface area contributed by atoms with E-state index in [-0.39, 0.29) is 37.6 Å². The first kappa shape index (κ1) is 26.4. The average Bonchev–Trinajstić information content (AvgIpc) is 2.67. The molecule has 0 fully saturated rings. The van der Waals surface area contributed by atoms with Gasteiger partial charge in [-0.25, -0.2) is 16.8 Å². The number of hydrogen-bond donors (Lipinski definition) is 0. The molecule has 0 amide bonds. The van der Waals surface area contributed by atoms with E-state index in [1.54, 1.807) is 0 Å². The molecule has 3 rings (SSSR count). The van der Waals surface area contributed by atoms with E-state index >= 15 is 0 Å². The lowest BCUT2D eigenvalue weighted by molar-refractivity contribution is -0.0788. The molecule has 6 nitrogen and oxygen atoms in total. The lowest BCUT2D eigenvalue weighted by Gasteiger charge is -2.35. The van der Waals surface area contributed by atoms with Crippen molar-refractivity contribution in [2.24, 2.45) is 0 Å². The van der Waals surface area contributed by atoms with E-state index in [4.69, 9.17) is 30.8 Å². The topological polar surface area (TPSA) is 86.7 Å². The molecular formula is C20H20Br2Cl2O6S2. The summed E-state index contributed by atoms with van der Waals surface area (Å²) >= 11 is 7.00. The molecule has 32 heavy (non-hydrogen) atoms. The maximum absolute atomic E-state index is 11.3. The standard InChI is InChI=1S/C20H20Br2Cl2O6S2/c21-13-3-5-15-16-6-4-14(22)12-18(16)20(30-8-2-10-32(24,27)28)19(17(15)11-13)29-7-1-9-31(23,25)26/h3-6,11-12,19-20H,1-2,7-10H2. The molecule has 0 saturated carbocycles. The second-order valence-corrected chi connectivity index (χ2v) is 14.9. The highest BCUT2D eigenvalue weighted by Crippen LogP contribution is 2.49. The van der Waals surface area contributed by atoms with Crippen molar-refractivity contribution in [3.8, 4) is 11.1 Å². The van der Waals surface area contributed by atoms with Crippen molar-refractivity contribution in [3.05, 3.63) is 56.5 Å². The van der Waals surface area contributed by atoms with Crippen LogP contribution >= 0.6 is 53.2 Å². The van der Waals surface area contributed by atoms with Gasteiger partial charge in [-0.1, -0.05) is 44.0 Å². The van der Waals surface area contributed by atoms with Gasteiger partial charge in [-0.15, -0.1) is 0 Å². The van der Waals surface area contributed by atoms with Gasteiger partial charge in [-0.05, 0) is 59.4 Å². The zero-order valence-electron chi connectivity index (χ0n) is 16.6. The Balaban J connectivity index is 1.92. The van der Waals surface area contributed by atoms with Crippen LogP contribution in [0.5, 0.6) is 0 Å². The molecule has 2 atom stereocenters. The summed E-state index contributed by atoms with van der Waals surface area (Å²) in [4.78, 5) is 0. The molecule has 1 aliphatic rings. The van der Waals surface area contributed by atoms with Gasteiger partial charge in [-0.2, -0.15) is 0 Å². The fourth-order valence-corrected chi connectivity index (χ4v) is 5.93. The summed E-state index contributed by atoms with van der Waals surface area (Å²) in [7, 11) is 3.39. The highest BCUT2D eigenvalue weighted by molar-refractivity contribution is 9.10. The molecule has 0 radical (unpaired) electrons. The third kappa shape index (κ3) is 7.40. The van der Waals surface area contributed by atoms with Crippen molar-refractivity contribution in [1.82, 2.24) is 0 Å². The van der Waals surface area contributed by atoms with Crippen molar-refractivity contribution in [3.63, 3.8) is 0 Å². The van der Waals surface area contributed by atoms with E-state index in [0.29, 0.717) is 0 Å². The second-order valence-electron chi connectivity index (χ2n) is 7.24. The van der Waals surface area contributed by atoms with Crippen LogP contribution in [0.4, 0.5) is 0 Å². The molecule has 2 unspecified atom stereocenters. The summed E-state index contributed by atoms with van der Waals surface area (Å²) in [6, 6.07) is 11.7. The molecule has 0 aromatic heterocycles. The monoisotopic (exact) mass is 648 g/mol. The molecule has 12 heteroatoms. The molecule has 0 aliphatic heterocycles. The Morgan fingerprint density at radius 1 is 0.719 bits per heavy atom. The minimum Gasteiger partial charge on any atom is -0.370 e. The Morgan fingerprint density at radius 2 is 1.09 bits per heavy atom. The lowest BCUT2D eigenvalue weighted by atomic mass is 9.82. The highest BCUT2D eigenvalue weighted by Gasteiger charge is 2.35. The van der Waals surface area contributed by atoms with Crippen LogP contribution < -0.4 is 0 Å². The van der Waals surface area contributed by atoms with Crippen molar-refractivity contribution in [2.75, 3.05) is 24.7 Å². The summed E-state index contributed by atoms with van der Waals surface area (Å²) < 4.78 is 59.0. The van der Waals surface area contributed by atoms with Crippen LogP contribution in [0.2, 0.25) is 0 Å². The third-order valence-electron chi connectivity index (χ3n) is 4.87. The Labute approximate surface area is 213 Å². The quantitative estimate of drug-likeness (QED) is 0.234. The normalized spacial score (nSPS) is 18.2. The first-order valence-corrected chi connectivity index (χ1v) is 16.2. The third-order valence-corrected chi connectivity index (χ3v) is 8.33. The van der Waals surface area contributed by atoms with Gasteiger partial charge >= 0.3 is 0 Å². The SMILES string of the molecule is O=S(=O)(Cl)CCCOC1c2cc(Br)ccc2-c2ccc(Br)cc2C1OCCCS(=O)(=O)Cl. The molecule has 1 aliphatic carbocycles. The van der Waals surface area contributed by atoms with Crippen molar-refractivity contribution in [1.29, 1.82) is 0 Å². The maximum Gasteiger partial charge on any atom is 0.232 e. The predicted octanol–water partition coefficient (Wildman–Crippen LogP) is 5.93. The number of halogens is 4. The van der Waals surface area contributed by atoms with Crippen LogP contribution in [-0.4, -0.2) is 41.6 Å². The van der Waals surface area contributed by atoms with Crippen LogP contribution in [0.25, 0.3) is 11.1 Å². The minimum atomic E-state index is -3.62. The number of rotatable bonds is 10. The molecule has 176 valence electrons. The Kier molecular flexibility index (Phi) is 9.10. The van der Waals surface area contributed by atoms with Crippen LogP contribution in [0.3, 0.4) is 0 Å². The van der Waals surface area contributed by atoms with E-state index in [1.807, 2.05) is 36.4 Å². The lowest BCUT2D eigenvalue weighted by Crippen LogP contribution is -2.24. The van der Waals surface area contributed by atoms with E-state index in [9.17, 15) is 16.8 Å². The second kappa shape index (κ2) is 11.0. The fraction of sp³-hybridized carbons (Fsp3) is 0.400. The van der Waals surface area contributed by atoms with Gasteiger partial charge in [0.15, 0.2) is 0 Å². The zero-order chi connectivity index (χ0) is 23.5. The first-order chi connectivity index (χ1) is 14.9. The molecule has 0 spiro atoms. The van der Waals surface area contributed by atoms with Gasteiger partial charge in [-0.3, -0.25) is 0 Å². The number of benzene rings is 2. The van der Waals surface area contributed by atoms with Gasteiger partial charge in [0.2, 0.25) is 18.1 Å². The van der Waals surface area contributed by atoms with Crippen molar-refractivity contribution < 1.29 is 26.3 Å². The Hall–Kier alpha value is -0.200. The van der Waals surface area contributed by atoms with Crippen LogP contribution in [0.15, 0.2) is 45.3 Å². The molecule has 2 aromatic carbocycles. The number of ether oxygens (including phenoxy) is 2. The molecule has 2 aromatic rings. The Bertz CT molecular complexity index is 1100. The largest absolute Gasteiger partial charge is 0.370 e. The predicted molar refractivity (Wildman–Crippen MR) is 133 cm³/mol. The molecule has 0 heterocycles. The van der Waals surface area contributed by atoms with Crippen molar-refractivity contribution >= 4 is 71.3 Å². The fourth-order valence-electron chi connectivity index (χ4n) is 3.59. The minimum absolute atomic E-state index is 0.155. The highest BCUT2D eigenvalue weighted by atomic mass is 79.9. The molecule has 0 bridgehead atoms. The summed E-state index contributed by atoms with van der Waals surface area (Å²) in [5.74, 6) is -0.401. The van der Waals surface area contributed by atoms with Gasteiger partial charge < -0.3 is 9.47 Å². The van der Waals surface area contributed by atoms with E-state index < -0.39 is 30.3 Å². The molecular weight excluding hydrogens is 631 g/mol. The average molecular weight is 651 g/mol. The van der Waals surface area contributed by atoms with E-state index in [2.05, 4.69) is 31.9 Å².